The van der Waals surface area contributed by atoms with Crippen molar-refractivity contribution in [2.45, 2.75) is 37.8 Å². The van der Waals surface area contributed by atoms with Crippen LogP contribution in [0.5, 0.6) is 0 Å². The van der Waals surface area contributed by atoms with Crippen LogP contribution in [0.4, 0.5) is 5.69 Å². The van der Waals surface area contributed by atoms with Gasteiger partial charge in [-0.1, -0.05) is 31.2 Å². The van der Waals surface area contributed by atoms with E-state index < -0.39 is 0 Å². The third-order valence-corrected chi connectivity index (χ3v) is 5.15. The van der Waals surface area contributed by atoms with E-state index in [9.17, 15) is 4.79 Å². The lowest BCUT2D eigenvalue weighted by Gasteiger charge is -2.21. The zero-order valence-electron chi connectivity index (χ0n) is 14.9. The van der Waals surface area contributed by atoms with E-state index in [2.05, 4.69) is 61.9 Å². The summed E-state index contributed by atoms with van der Waals surface area (Å²) in [6.45, 7) is 4.93. The Bertz CT molecular complexity index is 652. The number of hydrogen-bond acceptors (Lipinski definition) is 2. The second-order valence-corrected chi connectivity index (χ2v) is 7.01. The van der Waals surface area contributed by atoms with E-state index >= 15 is 0 Å². The van der Waals surface area contributed by atoms with Crippen molar-refractivity contribution in [2.24, 2.45) is 0 Å². The van der Waals surface area contributed by atoms with Gasteiger partial charge < -0.3 is 10.2 Å². The fraction of sp³-hybridized carbons (Fsp3) is 0.350. The van der Waals surface area contributed by atoms with Crippen LogP contribution in [0.3, 0.4) is 0 Å². The first-order valence-corrected chi connectivity index (χ1v) is 9.61. The molecule has 0 aliphatic carbocycles. The summed E-state index contributed by atoms with van der Waals surface area (Å²) in [5, 5.41) is 3.01. The molecule has 1 unspecified atom stereocenters. The number of aryl methyl sites for hydroxylation is 1. The van der Waals surface area contributed by atoms with Crippen LogP contribution in [-0.4, -0.2) is 25.3 Å². The Labute approximate surface area is 149 Å². The molecule has 0 radical (unpaired) electrons. The molecule has 0 aromatic heterocycles. The van der Waals surface area contributed by atoms with E-state index in [1.165, 1.54) is 20.9 Å². The number of carbonyl (C=O) groups excluding carboxylic acids is 1. The Morgan fingerprint density at radius 1 is 1.08 bits per heavy atom. The predicted molar refractivity (Wildman–Crippen MR) is 103 cm³/mol. The van der Waals surface area contributed by atoms with Crippen LogP contribution < -0.4 is 10.2 Å². The Kier molecular flexibility index (Phi) is 6.88. The van der Waals surface area contributed by atoms with E-state index in [-0.39, 0.29) is 11.9 Å². The molecule has 0 saturated carbocycles. The zero-order chi connectivity index (χ0) is 17.5. The number of thioether (sulfide) groups is 1. The highest BCUT2D eigenvalue weighted by molar-refractivity contribution is 7.98. The quantitative estimate of drug-likeness (QED) is 0.758. The molecule has 0 spiro atoms. The van der Waals surface area contributed by atoms with Crippen molar-refractivity contribution in [3.8, 4) is 0 Å². The molecular weight excluding hydrogens is 316 g/mol. The van der Waals surface area contributed by atoms with Gasteiger partial charge in [0.15, 0.2) is 6.04 Å². The van der Waals surface area contributed by atoms with Gasteiger partial charge >= 0.3 is 0 Å². The fourth-order valence-electron chi connectivity index (χ4n) is 2.52. The highest BCUT2D eigenvalue weighted by atomic mass is 32.2. The van der Waals surface area contributed by atoms with Gasteiger partial charge in [0.2, 0.25) is 0 Å². The lowest BCUT2D eigenvalue weighted by molar-refractivity contribution is -0.907. The van der Waals surface area contributed by atoms with E-state index in [4.69, 9.17) is 0 Å². The maximum atomic E-state index is 12.5. The average molecular weight is 344 g/mol. The minimum absolute atomic E-state index is 0.0532. The topological polar surface area (TPSA) is 33.5 Å². The van der Waals surface area contributed by atoms with Crippen molar-refractivity contribution >= 4 is 23.4 Å². The summed E-state index contributed by atoms with van der Waals surface area (Å²) < 4.78 is 0. The van der Waals surface area contributed by atoms with Crippen LogP contribution in [0.25, 0.3) is 0 Å². The summed E-state index contributed by atoms with van der Waals surface area (Å²) in [4.78, 5) is 14.9. The zero-order valence-corrected chi connectivity index (χ0v) is 15.7. The minimum atomic E-state index is -0.115. The van der Waals surface area contributed by atoms with Gasteiger partial charge in [-0.3, -0.25) is 4.79 Å². The van der Waals surface area contributed by atoms with Gasteiger partial charge in [-0.05, 0) is 49.4 Å². The Morgan fingerprint density at radius 2 is 1.67 bits per heavy atom. The highest BCUT2D eigenvalue weighted by Gasteiger charge is 2.22. The molecule has 0 aliphatic heterocycles. The smallest absolute Gasteiger partial charge is 0.282 e. The van der Waals surface area contributed by atoms with Crippen molar-refractivity contribution in [1.82, 2.24) is 0 Å². The molecule has 4 heteroatoms. The number of nitrogens with one attached hydrogen (secondary N) is 2. The number of likely N-dealkylation sites (N-methyl/N-ethyl adjacent to an activating group) is 1. The lowest BCUT2D eigenvalue weighted by Crippen LogP contribution is -3.12. The molecule has 128 valence electrons. The molecule has 0 heterocycles. The van der Waals surface area contributed by atoms with Crippen LogP contribution in [0.2, 0.25) is 0 Å². The predicted octanol–water partition coefficient (Wildman–Crippen LogP) is 3.01. The number of quaternary nitrogens is 1. The Hall–Kier alpha value is -1.78. The summed E-state index contributed by atoms with van der Waals surface area (Å²) in [6.07, 6.45) is 3.08. The molecule has 2 N–H and O–H groups in total. The van der Waals surface area contributed by atoms with Gasteiger partial charge in [0.25, 0.3) is 5.91 Å². The largest absolute Gasteiger partial charge is 0.324 e. The lowest BCUT2D eigenvalue weighted by atomic mass is 10.1. The summed E-state index contributed by atoms with van der Waals surface area (Å²) in [6, 6.07) is 16.5. The number of rotatable bonds is 7. The van der Waals surface area contributed by atoms with Crippen molar-refractivity contribution < 1.29 is 9.69 Å². The van der Waals surface area contributed by atoms with E-state index in [0.29, 0.717) is 0 Å². The van der Waals surface area contributed by atoms with Crippen LogP contribution in [-0.2, 0) is 17.8 Å². The summed E-state index contributed by atoms with van der Waals surface area (Å²) in [5.41, 5.74) is 3.39. The van der Waals surface area contributed by atoms with Gasteiger partial charge in [-0.25, -0.2) is 0 Å². The average Bonchev–Trinajstić information content (AvgIpc) is 2.62. The maximum absolute atomic E-state index is 12.5. The molecule has 3 nitrogen and oxygen atoms in total. The van der Waals surface area contributed by atoms with E-state index in [1.54, 1.807) is 11.8 Å². The number of carbonyl (C=O) groups is 1. The van der Waals surface area contributed by atoms with Gasteiger partial charge in [-0.15, -0.1) is 11.8 Å². The van der Waals surface area contributed by atoms with Crippen LogP contribution in [0, 0.1) is 0 Å². The van der Waals surface area contributed by atoms with E-state index in [1.807, 2.05) is 19.1 Å². The molecule has 2 aromatic rings. The van der Waals surface area contributed by atoms with Crippen molar-refractivity contribution in [1.29, 1.82) is 0 Å². The summed E-state index contributed by atoms with van der Waals surface area (Å²) in [7, 11) is 2.06. The first-order chi connectivity index (χ1) is 11.5. The molecule has 2 aromatic carbocycles. The van der Waals surface area contributed by atoms with Gasteiger partial charge in [0.1, 0.15) is 6.54 Å². The summed E-state index contributed by atoms with van der Waals surface area (Å²) in [5.74, 6) is 0.0532. The molecule has 0 saturated heterocycles. The number of benzene rings is 2. The second kappa shape index (κ2) is 8.90. The first kappa shape index (κ1) is 18.6. The molecule has 24 heavy (non-hydrogen) atoms. The Balaban J connectivity index is 1.92. The van der Waals surface area contributed by atoms with Crippen molar-refractivity contribution in [3.05, 3.63) is 59.7 Å². The monoisotopic (exact) mass is 343 g/mol. The van der Waals surface area contributed by atoms with Gasteiger partial charge in [-0.2, -0.15) is 0 Å². The third-order valence-electron chi connectivity index (χ3n) is 4.40. The van der Waals surface area contributed by atoms with Crippen LogP contribution in [0.1, 0.15) is 25.0 Å². The normalized spacial score (nSPS) is 13.3. The van der Waals surface area contributed by atoms with E-state index in [0.717, 1.165) is 18.7 Å². The second-order valence-electron chi connectivity index (χ2n) is 6.13. The van der Waals surface area contributed by atoms with Crippen molar-refractivity contribution in [2.75, 3.05) is 18.6 Å². The Morgan fingerprint density at radius 3 is 2.21 bits per heavy atom. The molecular formula is C20H27N2OS+. The van der Waals surface area contributed by atoms with Crippen molar-refractivity contribution in [3.63, 3.8) is 0 Å². The highest BCUT2D eigenvalue weighted by Crippen LogP contribution is 2.14. The van der Waals surface area contributed by atoms with Crippen LogP contribution >= 0.6 is 11.8 Å². The SMILES string of the molecule is CCc1ccc(NC(=O)[C@H](C)[NH+](C)Cc2ccc(SC)cc2)cc1. The van der Waals surface area contributed by atoms with Crippen LogP contribution in [0.15, 0.2) is 53.4 Å². The standard InChI is InChI=1S/C20H26N2OS/c1-5-16-6-10-18(11-7-16)21-20(23)15(2)22(3)14-17-8-12-19(24-4)13-9-17/h6-13,15H,5,14H2,1-4H3,(H,21,23)/p+1/t15-/m0/s1. The molecule has 2 atom stereocenters. The molecule has 1 amide bonds. The summed E-state index contributed by atoms with van der Waals surface area (Å²) >= 11 is 1.74. The maximum Gasteiger partial charge on any atom is 0.282 e. The molecule has 0 fully saturated rings. The minimum Gasteiger partial charge on any atom is -0.324 e. The first-order valence-electron chi connectivity index (χ1n) is 8.38. The fourth-order valence-corrected chi connectivity index (χ4v) is 2.92. The third kappa shape index (κ3) is 5.11. The van der Waals surface area contributed by atoms with Gasteiger partial charge in [0.05, 0.1) is 7.05 Å². The molecule has 0 bridgehead atoms. The number of amides is 1. The number of anilines is 1. The molecule has 0 aliphatic rings. The molecule has 2 rings (SSSR count). The van der Waals surface area contributed by atoms with Gasteiger partial charge in [0, 0.05) is 16.1 Å². The number of hydrogen-bond donors (Lipinski definition) is 2.